The summed E-state index contributed by atoms with van der Waals surface area (Å²) >= 11 is 6.02. The molecule has 0 saturated carbocycles. The molecule has 0 spiro atoms. The van der Waals surface area contributed by atoms with E-state index in [0.717, 1.165) is 31.2 Å². The Morgan fingerprint density at radius 3 is 3.00 bits per heavy atom. The van der Waals surface area contributed by atoms with Crippen LogP contribution in [-0.4, -0.2) is 19.8 Å². The molecular formula is C14H18ClNO. The van der Waals surface area contributed by atoms with Gasteiger partial charge in [0.05, 0.1) is 13.2 Å². The molecule has 1 aliphatic heterocycles. The average Bonchev–Trinajstić information content (AvgIpc) is 2.66. The second kappa shape index (κ2) is 4.27. The molecule has 3 rings (SSSR count). The molecule has 1 N–H and O–H groups in total. The van der Waals surface area contributed by atoms with Gasteiger partial charge in [-0.3, -0.25) is 0 Å². The summed E-state index contributed by atoms with van der Waals surface area (Å²) in [5.74, 6) is 0. The molecule has 0 aromatic heterocycles. The van der Waals surface area contributed by atoms with Crippen LogP contribution in [0.3, 0.4) is 0 Å². The molecule has 1 aromatic rings. The highest BCUT2D eigenvalue weighted by Crippen LogP contribution is 2.34. The standard InChI is InChI=1S/C14H18ClNO/c1-14(8-17-9-14)7-16-13-5-2-10-6-11(15)3-4-12(10)13/h3-4,6,13,16H,2,5,7-9H2,1H3. The van der Waals surface area contributed by atoms with E-state index in [9.17, 15) is 0 Å². The summed E-state index contributed by atoms with van der Waals surface area (Å²) in [6.07, 6.45) is 2.33. The molecule has 1 aromatic carbocycles. The maximum atomic E-state index is 6.02. The number of benzene rings is 1. The summed E-state index contributed by atoms with van der Waals surface area (Å²) in [6, 6.07) is 6.77. The molecule has 2 nitrogen and oxygen atoms in total. The lowest BCUT2D eigenvalue weighted by Crippen LogP contribution is -2.47. The third-order valence-electron chi connectivity index (χ3n) is 3.86. The van der Waals surface area contributed by atoms with E-state index in [1.54, 1.807) is 0 Å². The molecule has 1 saturated heterocycles. The van der Waals surface area contributed by atoms with Crippen LogP contribution in [0.2, 0.25) is 5.02 Å². The van der Waals surface area contributed by atoms with Crippen LogP contribution >= 0.6 is 11.6 Å². The van der Waals surface area contributed by atoms with E-state index in [1.807, 2.05) is 6.07 Å². The first-order valence-electron chi connectivity index (χ1n) is 6.26. The number of nitrogens with one attached hydrogen (secondary N) is 1. The highest BCUT2D eigenvalue weighted by atomic mass is 35.5. The van der Waals surface area contributed by atoms with Gasteiger partial charge >= 0.3 is 0 Å². The molecule has 0 radical (unpaired) electrons. The van der Waals surface area contributed by atoms with Gasteiger partial charge in [-0.05, 0) is 36.1 Å². The Morgan fingerprint density at radius 2 is 2.29 bits per heavy atom. The minimum atomic E-state index is 0.342. The van der Waals surface area contributed by atoms with Gasteiger partial charge in [-0.2, -0.15) is 0 Å². The van der Waals surface area contributed by atoms with E-state index in [0.29, 0.717) is 11.5 Å². The molecule has 0 bridgehead atoms. The van der Waals surface area contributed by atoms with Gasteiger partial charge in [0.1, 0.15) is 0 Å². The number of hydrogen-bond acceptors (Lipinski definition) is 2. The van der Waals surface area contributed by atoms with Crippen molar-refractivity contribution in [3.63, 3.8) is 0 Å². The zero-order valence-corrected chi connectivity index (χ0v) is 10.9. The highest BCUT2D eigenvalue weighted by molar-refractivity contribution is 6.30. The largest absolute Gasteiger partial charge is 0.380 e. The second-order valence-electron chi connectivity index (χ2n) is 5.62. The predicted octanol–water partition coefficient (Wildman–Crippen LogP) is 2.95. The third kappa shape index (κ3) is 2.22. The van der Waals surface area contributed by atoms with E-state index in [-0.39, 0.29) is 0 Å². The van der Waals surface area contributed by atoms with Gasteiger partial charge in [-0.25, -0.2) is 0 Å². The van der Waals surface area contributed by atoms with Gasteiger partial charge in [0.2, 0.25) is 0 Å². The van der Waals surface area contributed by atoms with Crippen LogP contribution in [0.25, 0.3) is 0 Å². The monoisotopic (exact) mass is 251 g/mol. The van der Waals surface area contributed by atoms with Crippen LogP contribution in [0.5, 0.6) is 0 Å². The SMILES string of the molecule is CC1(CNC2CCc3cc(Cl)ccc32)COC1. The lowest BCUT2D eigenvalue weighted by atomic mass is 9.88. The van der Waals surface area contributed by atoms with Crippen molar-refractivity contribution in [3.05, 3.63) is 34.3 Å². The highest BCUT2D eigenvalue weighted by Gasteiger charge is 2.34. The molecule has 1 fully saturated rings. The van der Waals surface area contributed by atoms with Crippen LogP contribution in [0, 0.1) is 5.41 Å². The molecule has 92 valence electrons. The first-order chi connectivity index (χ1) is 8.16. The van der Waals surface area contributed by atoms with Crippen molar-refractivity contribution in [2.24, 2.45) is 5.41 Å². The Morgan fingerprint density at radius 1 is 1.47 bits per heavy atom. The smallest absolute Gasteiger partial charge is 0.0554 e. The summed E-state index contributed by atoms with van der Waals surface area (Å²) in [7, 11) is 0. The van der Waals surface area contributed by atoms with Crippen molar-refractivity contribution < 1.29 is 4.74 Å². The van der Waals surface area contributed by atoms with Gasteiger partial charge in [-0.15, -0.1) is 0 Å². The number of halogens is 1. The van der Waals surface area contributed by atoms with Crippen molar-refractivity contribution in [1.29, 1.82) is 0 Å². The second-order valence-corrected chi connectivity index (χ2v) is 6.06. The van der Waals surface area contributed by atoms with Crippen LogP contribution in [0.15, 0.2) is 18.2 Å². The van der Waals surface area contributed by atoms with Gasteiger partial charge in [0.25, 0.3) is 0 Å². The minimum Gasteiger partial charge on any atom is -0.380 e. The number of rotatable bonds is 3. The van der Waals surface area contributed by atoms with Crippen LogP contribution in [0.1, 0.15) is 30.5 Å². The van der Waals surface area contributed by atoms with E-state index < -0.39 is 0 Å². The number of fused-ring (bicyclic) bond motifs is 1. The predicted molar refractivity (Wildman–Crippen MR) is 69.4 cm³/mol. The fourth-order valence-corrected chi connectivity index (χ4v) is 2.92. The number of hydrogen-bond donors (Lipinski definition) is 1. The van der Waals surface area contributed by atoms with E-state index in [4.69, 9.17) is 16.3 Å². The van der Waals surface area contributed by atoms with Gasteiger partial charge in [0, 0.05) is 23.0 Å². The molecular weight excluding hydrogens is 234 g/mol. The van der Waals surface area contributed by atoms with E-state index in [2.05, 4.69) is 24.4 Å². The number of ether oxygens (including phenoxy) is 1. The maximum Gasteiger partial charge on any atom is 0.0554 e. The summed E-state index contributed by atoms with van der Waals surface area (Å²) in [5.41, 5.74) is 3.18. The number of aryl methyl sites for hydroxylation is 1. The lowest BCUT2D eigenvalue weighted by Gasteiger charge is -2.39. The Bertz CT molecular complexity index is 428. The molecule has 1 atom stereocenters. The van der Waals surface area contributed by atoms with Crippen molar-refractivity contribution in [1.82, 2.24) is 5.32 Å². The Hall–Kier alpha value is -0.570. The fraction of sp³-hybridized carbons (Fsp3) is 0.571. The fourth-order valence-electron chi connectivity index (χ4n) is 2.72. The van der Waals surface area contributed by atoms with Crippen molar-refractivity contribution in [2.75, 3.05) is 19.8 Å². The van der Waals surface area contributed by atoms with E-state index in [1.165, 1.54) is 17.5 Å². The summed E-state index contributed by atoms with van der Waals surface area (Å²) < 4.78 is 5.28. The van der Waals surface area contributed by atoms with Crippen molar-refractivity contribution in [2.45, 2.75) is 25.8 Å². The first-order valence-corrected chi connectivity index (χ1v) is 6.64. The van der Waals surface area contributed by atoms with Crippen molar-refractivity contribution in [3.8, 4) is 0 Å². The quantitative estimate of drug-likeness (QED) is 0.892. The first kappa shape index (κ1) is 11.5. The van der Waals surface area contributed by atoms with Crippen LogP contribution in [0.4, 0.5) is 0 Å². The van der Waals surface area contributed by atoms with Gasteiger partial charge < -0.3 is 10.1 Å². The zero-order chi connectivity index (χ0) is 11.9. The summed E-state index contributed by atoms with van der Waals surface area (Å²) in [6.45, 7) is 5.10. The molecule has 3 heteroatoms. The van der Waals surface area contributed by atoms with E-state index >= 15 is 0 Å². The van der Waals surface area contributed by atoms with Gasteiger partial charge in [-0.1, -0.05) is 24.6 Å². The summed E-state index contributed by atoms with van der Waals surface area (Å²) in [4.78, 5) is 0. The molecule has 1 aliphatic carbocycles. The molecule has 1 unspecified atom stereocenters. The summed E-state index contributed by atoms with van der Waals surface area (Å²) in [5, 5.41) is 4.53. The minimum absolute atomic E-state index is 0.342. The van der Waals surface area contributed by atoms with Crippen molar-refractivity contribution >= 4 is 11.6 Å². The average molecular weight is 252 g/mol. The topological polar surface area (TPSA) is 21.3 Å². The molecule has 17 heavy (non-hydrogen) atoms. The van der Waals surface area contributed by atoms with Crippen LogP contribution in [-0.2, 0) is 11.2 Å². The molecule has 1 heterocycles. The van der Waals surface area contributed by atoms with Crippen LogP contribution < -0.4 is 5.32 Å². The maximum absolute atomic E-state index is 6.02. The Kier molecular flexibility index (Phi) is 2.89. The zero-order valence-electron chi connectivity index (χ0n) is 10.1. The van der Waals surface area contributed by atoms with Gasteiger partial charge in [0.15, 0.2) is 0 Å². The Labute approximate surface area is 107 Å². The molecule has 2 aliphatic rings. The third-order valence-corrected chi connectivity index (χ3v) is 4.09. The molecule has 0 amide bonds. The normalized spacial score (nSPS) is 25.4. The Balaban J connectivity index is 1.67. The lowest BCUT2D eigenvalue weighted by molar-refractivity contribution is -0.100.